The second-order valence-corrected chi connectivity index (χ2v) is 1.95. The van der Waals surface area contributed by atoms with Crippen molar-refractivity contribution in [3.8, 4) is 0 Å². The molecule has 0 bridgehead atoms. The molecule has 1 rings (SSSR count). The highest BCUT2D eigenvalue weighted by Gasteiger charge is 2.00. The zero-order valence-electron chi connectivity index (χ0n) is 5.76. The summed E-state index contributed by atoms with van der Waals surface area (Å²) >= 11 is 0. The van der Waals surface area contributed by atoms with Crippen molar-refractivity contribution in [3.63, 3.8) is 0 Å². The van der Waals surface area contributed by atoms with Crippen LogP contribution in [0.3, 0.4) is 0 Å². The number of rotatable bonds is 2. The molecule has 0 unspecified atom stereocenters. The number of carbonyl (C=O) groups excluding carboxylic acids is 1. The van der Waals surface area contributed by atoms with E-state index < -0.39 is 0 Å². The molecule has 1 N–H and O–H groups in total. The first-order valence-corrected chi connectivity index (χ1v) is 3.02. The largest absolute Gasteiger partial charge is 0.469 e. The van der Waals surface area contributed by atoms with Gasteiger partial charge in [0.1, 0.15) is 0 Å². The van der Waals surface area contributed by atoms with E-state index in [1.807, 2.05) is 12.1 Å². The molecule has 10 heavy (non-hydrogen) atoms. The summed E-state index contributed by atoms with van der Waals surface area (Å²) in [6.07, 6.45) is 2.10. The Morgan fingerprint density at radius 3 is 3.10 bits per heavy atom. The molecule has 0 aliphatic heterocycles. The molecular weight excluding hydrogens is 130 g/mol. The lowest BCUT2D eigenvalue weighted by Crippen LogP contribution is -2.04. The maximum atomic E-state index is 10.6. The maximum absolute atomic E-state index is 10.6. The van der Waals surface area contributed by atoms with E-state index in [1.54, 1.807) is 6.20 Å². The molecule has 3 nitrogen and oxygen atoms in total. The van der Waals surface area contributed by atoms with Gasteiger partial charge < -0.3 is 9.72 Å². The van der Waals surface area contributed by atoms with E-state index >= 15 is 0 Å². The number of aromatic amines is 1. The molecule has 0 saturated carbocycles. The topological polar surface area (TPSA) is 42.1 Å². The van der Waals surface area contributed by atoms with Gasteiger partial charge in [0.2, 0.25) is 0 Å². The van der Waals surface area contributed by atoms with Crippen LogP contribution in [-0.4, -0.2) is 18.1 Å². The minimum Gasteiger partial charge on any atom is -0.469 e. The maximum Gasteiger partial charge on any atom is 0.311 e. The zero-order valence-corrected chi connectivity index (χ0v) is 5.76. The highest BCUT2D eigenvalue weighted by molar-refractivity contribution is 5.71. The Labute approximate surface area is 59.0 Å². The van der Waals surface area contributed by atoms with Crippen molar-refractivity contribution in [2.24, 2.45) is 0 Å². The highest BCUT2D eigenvalue weighted by atomic mass is 16.5. The predicted octanol–water partition coefficient (Wildman–Crippen LogP) is 0.730. The van der Waals surface area contributed by atoms with E-state index in [2.05, 4.69) is 9.72 Å². The number of carbonyl (C=O) groups is 1. The molecule has 0 aromatic carbocycles. The number of methoxy groups -OCH3 is 1. The third kappa shape index (κ3) is 1.62. The fourth-order valence-electron chi connectivity index (χ4n) is 0.705. The van der Waals surface area contributed by atoms with Crippen LogP contribution in [0.2, 0.25) is 0 Å². The molecule has 3 heteroatoms. The van der Waals surface area contributed by atoms with Gasteiger partial charge in [-0.15, -0.1) is 0 Å². The number of hydrogen-bond acceptors (Lipinski definition) is 2. The number of H-pyrrole nitrogens is 1. The van der Waals surface area contributed by atoms with Gasteiger partial charge in [0.05, 0.1) is 13.5 Å². The van der Waals surface area contributed by atoms with Crippen LogP contribution in [0.5, 0.6) is 0 Å². The molecule has 0 amide bonds. The summed E-state index contributed by atoms with van der Waals surface area (Å²) in [5.41, 5.74) is 0.881. The third-order valence-corrected chi connectivity index (χ3v) is 1.22. The second kappa shape index (κ2) is 3.06. The van der Waals surface area contributed by atoms with Crippen molar-refractivity contribution in [2.45, 2.75) is 6.42 Å². The van der Waals surface area contributed by atoms with Crippen molar-refractivity contribution in [1.82, 2.24) is 4.98 Å². The first kappa shape index (κ1) is 6.86. The molecule has 1 aromatic heterocycles. The molecule has 1 heterocycles. The van der Waals surface area contributed by atoms with Crippen molar-refractivity contribution in [2.75, 3.05) is 7.11 Å². The third-order valence-electron chi connectivity index (χ3n) is 1.22. The van der Waals surface area contributed by atoms with Crippen LogP contribution in [0, 0.1) is 0 Å². The Hall–Kier alpha value is -1.25. The van der Waals surface area contributed by atoms with Crippen LogP contribution in [0.15, 0.2) is 18.3 Å². The van der Waals surface area contributed by atoms with Crippen LogP contribution >= 0.6 is 0 Å². The van der Waals surface area contributed by atoms with Gasteiger partial charge in [-0.3, -0.25) is 4.79 Å². The fourth-order valence-corrected chi connectivity index (χ4v) is 0.705. The fraction of sp³-hybridized carbons (Fsp3) is 0.286. The van der Waals surface area contributed by atoms with Crippen LogP contribution in [-0.2, 0) is 16.0 Å². The molecule has 0 saturated heterocycles. The van der Waals surface area contributed by atoms with E-state index in [-0.39, 0.29) is 5.97 Å². The van der Waals surface area contributed by atoms with Gasteiger partial charge in [0.15, 0.2) is 0 Å². The van der Waals surface area contributed by atoms with E-state index in [0.29, 0.717) is 6.42 Å². The molecule has 0 radical (unpaired) electrons. The van der Waals surface area contributed by atoms with Crippen molar-refractivity contribution in [3.05, 3.63) is 24.0 Å². The van der Waals surface area contributed by atoms with E-state index in [0.717, 1.165) is 5.69 Å². The molecule has 0 spiro atoms. The van der Waals surface area contributed by atoms with Gasteiger partial charge in [0.25, 0.3) is 0 Å². The summed E-state index contributed by atoms with van der Waals surface area (Å²) < 4.78 is 4.46. The Balaban J connectivity index is 2.48. The Morgan fingerprint density at radius 2 is 2.60 bits per heavy atom. The molecule has 1 aromatic rings. The van der Waals surface area contributed by atoms with Crippen molar-refractivity contribution in [1.29, 1.82) is 0 Å². The van der Waals surface area contributed by atoms with Crippen LogP contribution in [0.25, 0.3) is 0 Å². The number of ether oxygens (including phenoxy) is 1. The van der Waals surface area contributed by atoms with Crippen molar-refractivity contribution < 1.29 is 9.53 Å². The van der Waals surface area contributed by atoms with Gasteiger partial charge in [-0.2, -0.15) is 0 Å². The highest BCUT2D eigenvalue weighted by Crippen LogP contribution is 1.95. The van der Waals surface area contributed by atoms with Gasteiger partial charge >= 0.3 is 5.97 Å². The quantitative estimate of drug-likeness (QED) is 0.614. The Bertz CT molecular complexity index is 203. The Kier molecular flexibility index (Phi) is 2.10. The number of hydrogen-bond donors (Lipinski definition) is 1. The summed E-state index contributed by atoms with van der Waals surface area (Å²) in [6, 6.07) is 3.69. The van der Waals surface area contributed by atoms with Crippen LogP contribution in [0.4, 0.5) is 0 Å². The monoisotopic (exact) mass is 139 g/mol. The molecule has 0 atom stereocenters. The minimum absolute atomic E-state index is 0.220. The number of aromatic nitrogens is 1. The average Bonchev–Trinajstić information content (AvgIpc) is 2.40. The van der Waals surface area contributed by atoms with Gasteiger partial charge in [-0.05, 0) is 12.1 Å². The first-order valence-electron chi connectivity index (χ1n) is 3.02. The summed E-state index contributed by atoms with van der Waals surface area (Å²) in [5, 5.41) is 0. The van der Waals surface area contributed by atoms with Crippen LogP contribution < -0.4 is 0 Å². The lowest BCUT2D eigenvalue weighted by molar-refractivity contribution is -0.139. The normalized spacial score (nSPS) is 9.30. The van der Waals surface area contributed by atoms with E-state index in [4.69, 9.17) is 0 Å². The molecule has 0 aliphatic rings. The number of esters is 1. The smallest absolute Gasteiger partial charge is 0.311 e. The van der Waals surface area contributed by atoms with Gasteiger partial charge in [-0.25, -0.2) is 0 Å². The van der Waals surface area contributed by atoms with Gasteiger partial charge in [-0.1, -0.05) is 0 Å². The summed E-state index contributed by atoms with van der Waals surface area (Å²) in [6.45, 7) is 0. The first-order chi connectivity index (χ1) is 4.83. The predicted molar refractivity (Wildman–Crippen MR) is 36.5 cm³/mol. The Morgan fingerprint density at radius 1 is 1.80 bits per heavy atom. The van der Waals surface area contributed by atoms with Crippen molar-refractivity contribution >= 4 is 5.97 Å². The summed E-state index contributed by atoms with van der Waals surface area (Å²) in [7, 11) is 1.38. The minimum atomic E-state index is -0.220. The van der Waals surface area contributed by atoms with Gasteiger partial charge in [0, 0.05) is 11.9 Å². The lowest BCUT2D eigenvalue weighted by Gasteiger charge is -1.94. The van der Waals surface area contributed by atoms with E-state index in [1.165, 1.54) is 7.11 Å². The lowest BCUT2D eigenvalue weighted by atomic mass is 10.3. The average molecular weight is 139 g/mol. The molecular formula is C7H9NO2. The van der Waals surface area contributed by atoms with Crippen LogP contribution in [0.1, 0.15) is 5.69 Å². The standard InChI is InChI=1S/C7H9NO2/c1-10-7(9)5-6-3-2-4-8-6/h2-4,8H,5H2,1H3. The molecule has 0 aliphatic carbocycles. The summed E-state index contributed by atoms with van der Waals surface area (Å²) in [5.74, 6) is -0.220. The second-order valence-electron chi connectivity index (χ2n) is 1.95. The van der Waals surface area contributed by atoms with E-state index in [9.17, 15) is 4.79 Å². The number of nitrogens with one attached hydrogen (secondary N) is 1. The SMILES string of the molecule is COC(=O)Cc1ccc[nH]1. The zero-order chi connectivity index (χ0) is 7.40. The molecule has 54 valence electrons. The summed E-state index contributed by atoms with van der Waals surface area (Å²) in [4.78, 5) is 13.5. The molecule has 0 fully saturated rings.